The van der Waals surface area contributed by atoms with E-state index in [1.807, 2.05) is 0 Å². The fourth-order valence-electron chi connectivity index (χ4n) is 1.23. The van der Waals surface area contributed by atoms with Crippen LogP contribution in [0.25, 0.3) is 0 Å². The van der Waals surface area contributed by atoms with E-state index in [-0.39, 0.29) is 17.8 Å². The molecular formula is C10H11FN2O3. The van der Waals surface area contributed by atoms with Crippen molar-refractivity contribution in [2.45, 2.75) is 12.8 Å². The minimum absolute atomic E-state index is 0.140. The quantitative estimate of drug-likeness (QED) is 0.470. The maximum absolute atomic E-state index is 13.0. The molecule has 0 amide bonds. The molecule has 0 heterocycles. The number of ketones is 1. The van der Waals surface area contributed by atoms with Gasteiger partial charge in [0, 0.05) is 18.1 Å². The van der Waals surface area contributed by atoms with Crippen molar-refractivity contribution in [3.05, 3.63) is 39.7 Å². The highest BCUT2D eigenvalue weighted by Crippen LogP contribution is 2.19. The lowest BCUT2D eigenvalue weighted by Crippen LogP contribution is -2.05. The summed E-state index contributed by atoms with van der Waals surface area (Å²) in [6.45, 7) is 0.370. The number of rotatable bonds is 5. The molecule has 0 spiro atoms. The van der Waals surface area contributed by atoms with E-state index in [0.29, 0.717) is 13.0 Å². The molecule has 1 aromatic carbocycles. The van der Waals surface area contributed by atoms with Crippen LogP contribution < -0.4 is 5.73 Å². The Morgan fingerprint density at radius 2 is 2.19 bits per heavy atom. The van der Waals surface area contributed by atoms with Gasteiger partial charge in [0.1, 0.15) is 0 Å². The number of halogens is 1. The number of carbonyl (C=O) groups excluding carboxylic acids is 1. The number of benzene rings is 1. The molecule has 86 valence electrons. The third-order valence-electron chi connectivity index (χ3n) is 2.07. The Morgan fingerprint density at radius 3 is 2.75 bits per heavy atom. The van der Waals surface area contributed by atoms with Gasteiger partial charge in [-0.1, -0.05) is 0 Å². The van der Waals surface area contributed by atoms with Gasteiger partial charge >= 0.3 is 5.69 Å². The second-order valence-corrected chi connectivity index (χ2v) is 3.24. The van der Waals surface area contributed by atoms with Crippen LogP contribution >= 0.6 is 0 Å². The van der Waals surface area contributed by atoms with E-state index >= 15 is 0 Å². The molecule has 0 radical (unpaired) electrons. The lowest BCUT2D eigenvalue weighted by atomic mass is 10.1. The third-order valence-corrected chi connectivity index (χ3v) is 2.07. The van der Waals surface area contributed by atoms with Crippen LogP contribution in [0.15, 0.2) is 18.2 Å². The van der Waals surface area contributed by atoms with Crippen molar-refractivity contribution in [1.29, 1.82) is 0 Å². The predicted molar refractivity (Wildman–Crippen MR) is 55.7 cm³/mol. The molecule has 2 N–H and O–H groups in total. The first-order valence-electron chi connectivity index (χ1n) is 4.73. The standard InChI is InChI=1S/C10H11FN2O3/c11-8-4-3-7(6-9(8)13(15)16)10(14)2-1-5-12/h3-4,6H,1-2,5,12H2. The number of nitro groups is 1. The van der Waals surface area contributed by atoms with Crippen LogP contribution in [0, 0.1) is 15.9 Å². The highest BCUT2D eigenvalue weighted by atomic mass is 19.1. The summed E-state index contributed by atoms with van der Waals surface area (Å²) in [5.74, 6) is -1.21. The summed E-state index contributed by atoms with van der Waals surface area (Å²) in [5.41, 5.74) is 4.70. The first kappa shape index (κ1) is 12.3. The maximum atomic E-state index is 13.0. The highest BCUT2D eigenvalue weighted by molar-refractivity contribution is 5.96. The van der Waals surface area contributed by atoms with E-state index in [9.17, 15) is 19.3 Å². The number of carbonyl (C=O) groups is 1. The minimum Gasteiger partial charge on any atom is -0.330 e. The van der Waals surface area contributed by atoms with E-state index in [4.69, 9.17) is 5.73 Å². The summed E-state index contributed by atoms with van der Waals surface area (Å²) in [7, 11) is 0. The molecule has 0 saturated heterocycles. The lowest BCUT2D eigenvalue weighted by molar-refractivity contribution is -0.387. The van der Waals surface area contributed by atoms with Crippen molar-refractivity contribution in [2.24, 2.45) is 5.73 Å². The van der Waals surface area contributed by atoms with Crippen molar-refractivity contribution >= 4 is 11.5 Å². The zero-order chi connectivity index (χ0) is 12.1. The number of hydrogen-bond donors (Lipinski definition) is 1. The van der Waals surface area contributed by atoms with Gasteiger partial charge in [-0.15, -0.1) is 0 Å². The molecule has 1 rings (SSSR count). The Bertz CT molecular complexity index is 421. The van der Waals surface area contributed by atoms with E-state index in [1.54, 1.807) is 0 Å². The molecule has 0 aliphatic carbocycles. The van der Waals surface area contributed by atoms with Crippen LogP contribution in [-0.4, -0.2) is 17.3 Å². The zero-order valence-corrected chi connectivity index (χ0v) is 8.48. The van der Waals surface area contributed by atoms with Crippen LogP contribution in [0.4, 0.5) is 10.1 Å². The molecule has 5 nitrogen and oxygen atoms in total. The first-order valence-corrected chi connectivity index (χ1v) is 4.73. The fourth-order valence-corrected chi connectivity index (χ4v) is 1.23. The minimum atomic E-state index is -0.944. The second kappa shape index (κ2) is 5.32. The molecule has 0 aliphatic heterocycles. The van der Waals surface area contributed by atoms with Gasteiger partial charge in [0.15, 0.2) is 5.78 Å². The Hall–Kier alpha value is -1.82. The number of nitrogens with two attached hydrogens (primary N) is 1. The summed E-state index contributed by atoms with van der Waals surface area (Å²) >= 11 is 0. The van der Waals surface area contributed by atoms with Crippen LogP contribution in [0.1, 0.15) is 23.2 Å². The van der Waals surface area contributed by atoms with Gasteiger partial charge in [0.2, 0.25) is 5.82 Å². The van der Waals surface area contributed by atoms with Gasteiger partial charge in [-0.05, 0) is 25.1 Å². The highest BCUT2D eigenvalue weighted by Gasteiger charge is 2.16. The summed E-state index contributed by atoms with van der Waals surface area (Å²) < 4.78 is 13.0. The molecule has 6 heteroatoms. The van der Waals surface area contributed by atoms with Crippen LogP contribution in [0.3, 0.4) is 0 Å². The topological polar surface area (TPSA) is 86.2 Å². The van der Waals surface area contributed by atoms with Crippen molar-refractivity contribution in [3.8, 4) is 0 Å². The second-order valence-electron chi connectivity index (χ2n) is 3.24. The number of hydrogen-bond acceptors (Lipinski definition) is 4. The average molecular weight is 226 g/mol. The van der Waals surface area contributed by atoms with Gasteiger partial charge in [-0.3, -0.25) is 14.9 Å². The van der Waals surface area contributed by atoms with Gasteiger partial charge < -0.3 is 5.73 Å². The lowest BCUT2D eigenvalue weighted by Gasteiger charge is -2.00. The normalized spacial score (nSPS) is 10.1. The van der Waals surface area contributed by atoms with Crippen molar-refractivity contribution in [2.75, 3.05) is 6.54 Å². The monoisotopic (exact) mass is 226 g/mol. The van der Waals surface area contributed by atoms with E-state index in [2.05, 4.69) is 0 Å². The van der Waals surface area contributed by atoms with Gasteiger partial charge in [0.05, 0.1) is 4.92 Å². The summed E-state index contributed by atoms with van der Waals surface area (Å²) in [6, 6.07) is 3.11. The SMILES string of the molecule is NCCCC(=O)c1ccc(F)c([N+](=O)[O-])c1. The zero-order valence-electron chi connectivity index (χ0n) is 8.48. The smallest absolute Gasteiger partial charge is 0.305 e. The molecule has 0 unspecified atom stereocenters. The number of nitro benzene ring substituents is 1. The summed E-state index contributed by atoms with van der Waals surface area (Å²) in [5, 5.41) is 10.4. The van der Waals surface area contributed by atoms with Crippen molar-refractivity contribution in [1.82, 2.24) is 0 Å². The fraction of sp³-hybridized carbons (Fsp3) is 0.300. The number of Topliss-reactive ketones (excluding diaryl/α,β-unsaturated/α-hetero) is 1. The van der Waals surface area contributed by atoms with Crippen molar-refractivity contribution in [3.63, 3.8) is 0 Å². The first-order chi connectivity index (χ1) is 7.56. The van der Waals surface area contributed by atoms with Gasteiger partial charge in [-0.2, -0.15) is 4.39 Å². The molecule has 0 saturated carbocycles. The van der Waals surface area contributed by atoms with Gasteiger partial charge in [-0.25, -0.2) is 0 Å². The van der Waals surface area contributed by atoms with Crippen LogP contribution in [0.5, 0.6) is 0 Å². The molecule has 0 aromatic heterocycles. The maximum Gasteiger partial charge on any atom is 0.305 e. The summed E-state index contributed by atoms with van der Waals surface area (Å²) in [6.07, 6.45) is 0.712. The van der Waals surface area contributed by atoms with E-state index < -0.39 is 16.4 Å². The number of nitrogens with zero attached hydrogens (tertiary/aromatic N) is 1. The van der Waals surface area contributed by atoms with Crippen LogP contribution in [-0.2, 0) is 0 Å². The molecule has 0 fully saturated rings. The summed E-state index contributed by atoms with van der Waals surface area (Å²) in [4.78, 5) is 21.1. The van der Waals surface area contributed by atoms with Gasteiger partial charge in [0.25, 0.3) is 0 Å². The molecule has 1 aromatic rings. The predicted octanol–water partition coefficient (Wildman–Crippen LogP) is 1.66. The van der Waals surface area contributed by atoms with E-state index in [1.165, 1.54) is 6.07 Å². The van der Waals surface area contributed by atoms with E-state index in [0.717, 1.165) is 12.1 Å². The molecular weight excluding hydrogens is 215 g/mol. The third kappa shape index (κ3) is 2.83. The van der Waals surface area contributed by atoms with Crippen molar-refractivity contribution < 1.29 is 14.1 Å². The largest absolute Gasteiger partial charge is 0.330 e. The Kier molecular flexibility index (Phi) is 4.07. The Balaban J connectivity index is 2.94. The van der Waals surface area contributed by atoms with Crippen LogP contribution in [0.2, 0.25) is 0 Å². The molecule has 0 bridgehead atoms. The molecule has 0 aliphatic rings. The average Bonchev–Trinajstić information content (AvgIpc) is 2.26. The molecule has 0 atom stereocenters. The Morgan fingerprint density at radius 1 is 1.50 bits per heavy atom. The Labute approximate surface area is 91.2 Å². The molecule has 16 heavy (non-hydrogen) atoms.